The summed E-state index contributed by atoms with van der Waals surface area (Å²) in [4.78, 5) is 11.9. The van der Waals surface area contributed by atoms with Gasteiger partial charge < -0.3 is 10.1 Å². The van der Waals surface area contributed by atoms with E-state index in [-0.39, 0.29) is 18.4 Å². The van der Waals surface area contributed by atoms with Crippen LogP contribution in [0.25, 0.3) is 0 Å². The topological polar surface area (TPSA) is 38.3 Å². The fourth-order valence-corrected chi connectivity index (χ4v) is 3.27. The summed E-state index contributed by atoms with van der Waals surface area (Å²) in [6, 6.07) is 0. The Labute approximate surface area is 110 Å². The minimum atomic E-state index is -4.27. The molecule has 1 N–H and O–H groups in total. The molecule has 110 valence electrons. The molecule has 3 atom stereocenters. The number of carbonyl (C=O) groups excluding carboxylic acids is 1. The van der Waals surface area contributed by atoms with E-state index in [0.29, 0.717) is 18.9 Å². The van der Waals surface area contributed by atoms with E-state index in [9.17, 15) is 18.0 Å². The molecule has 2 aliphatic rings. The summed E-state index contributed by atoms with van der Waals surface area (Å²) in [7, 11) is 0. The van der Waals surface area contributed by atoms with Gasteiger partial charge in [-0.15, -0.1) is 0 Å². The van der Waals surface area contributed by atoms with Gasteiger partial charge in [0.05, 0.1) is 0 Å². The van der Waals surface area contributed by atoms with Crippen molar-refractivity contribution in [2.75, 3.05) is 19.8 Å². The molecule has 0 aromatic carbocycles. The largest absolute Gasteiger partial charge is 0.411 e. The number of hydrogen-bond acceptors (Lipinski definition) is 2. The Morgan fingerprint density at radius 3 is 2.63 bits per heavy atom. The molecule has 2 saturated carbocycles. The standard InChI is InChI=1S/C13H20F3NO2/c14-13(15,16)8-19-5-1-4-17-12(18)11-7-9-2-3-10(11)6-9/h9-11H,1-8H2,(H,17,18). The SMILES string of the molecule is O=C(NCCCOCC(F)(F)F)C1CC2CCC1C2. The minimum absolute atomic E-state index is 0.0243. The summed E-state index contributed by atoms with van der Waals surface area (Å²) in [6.07, 6.45) is 0.708. The van der Waals surface area contributed by atoms with E-state index in [1.54, 1.807) is 0 Å². The van der Waals surface area contributed by atoms with Crippen molar-refractivity contribution in [3.63, 3.8) is 0 Å². The van der Waals surface area contributed by atoms with Gasteiger partial charge in [-0.3, -0.25) is 4.79 Å². The van der Waals surface area contributed by atoms with Crippen LogP contribution in [0.1, 0.15) is 32.1 Å². The van der Waals surface area contributed by atoms with Crippen LogP contribution in [0.4, 0.5) is 13.2 Å². The minimum Gasteiger partial charge on any atom is -0.372 e. The molecule has 2 aliphatic carbocycles. The second-order valence-corrected chi connectivity index (χ2v) is 5.59. The lowest BCUT2D eigenvalue weighted by Gasteiger charge is -2.20. The molecule has 0 aliphatic heterocycles. The fraction of sp³-hybridized carbons (Fsp3) is 0.923. The van der Waals surface area contributed by atoms with Crippen molar-refractivity contribution in [1.82, 2.24) is 5.32 Å². The molecule has 1 amide bonds. The molecule has 0 spiro atoms. The van der Waals surface area contributed by atoms with E-state index in [1.165, 1.54) is 12.8 Å². The molecular weight excluding hydrogens is 259 g/mol. The Balaban J connectivity index is 1.53. The lowest BCUT2D eigenvalue weighted by atomic mass is 9.88. The smallest absolute Gasteiger partial charge is 0.372 e. The van der Waals surface area contributed by atoms with E-state index < -0.39 is 12.8 Å². The highest BCUT2D eigenvalue weighted by molar-refractivity contribution is 5.79. The van der Waals surface area contributed by atoms with E-state index in [2.05, 4.69) is 10.1 Å². The predicted octanol–water partition coefficient (Wildman–Crippen LogP) is 2.51. The molecule has 3 unspecified atom stereocenters. The van der Waals surface area contributed by atoms with Crippen LogP contribution >= 0.6 is 0 Å². The average Bonchev–Trinajstić information content (AvgIpc) is 2.93. The van der Waals surface area contributed by atoms with Crippen LogP contribution in [0, 0.1) is 17.8 Å². The third-order valence-electron chi connectivity index (χ3n) is 4.11. The van der Waals surface area contributed by atoms with Crippen LogP contribution < -0.4 is 5.32 Å². The van der Waals surface area contributed by atoms with Crippen molar-refractivity contribution in [3.05, 3.63) is 0 Å². The normalized spacial score (nSPS) is 29.7. The van der Waals surface area contributed by atoms with Crippen LogP contribution in [0.2, 0.25) is 0 Å². The number of fused-ring (bicyclic) bond motifs is 2. The molecule has 0 aromatic heterocycles. The zero-order valence-corrected chi connectivity index (χ0v) is 10.8. The number of amides is 1. The highest BCUT2D eigenvalue weighted by Gasteiger charge is 2.42. The van der Waals surface area contributed by atoms with E-state index in [4.69, 9.17) is 0 Å². The van der Waals surface area contributed by atoms with E-state index in [1.807, 2.05) is 0 Å². The van der Waals surface area contributed by atoms with E-state index in [0.717, 1.165) is 18.8 Å². The monoisotopic (exact) mass is 279 g/mol. The third kappa shape index (κ3) is 4.37. The van der Waals surface area contributed by atoms with Gasteiger partial charge in [-0.25, -0.2) is 0 Å². The number of halogens is 3. The van der Waals surface area contributed by atoms with Gasteiger partial charge in [-0.05, 0) is 37.5 Å². The van der Waals surface area contributed by atoms with Crippen molar-refractivity contribution < 1.29 is 22.7 Å². The van der Waals surface area contributed by atoms with Gasteiger partial charge in [0.1, 0.15) is 6.61 Å². The molecule has 2 rings (SSSR count). The van der Waals surface area contributed by atoms with Gasteiger partial charge in [-0.1, -0.05) is 6.42 Å². The van der Waals surface area contributed by atoms with Crippen molar-refractivity contribution in [1.29, 1.82) is 0 Å². The van der Waals surface area contributed by atoms with Crippen LogP contribution in [-0.4, -0.2) is 31.8 Å². The second kappa shape index (κ2) is 6.11. The van der Waals surface area contributed by atoms with Gasteiger partial charge >= 0.3 is 6.18 Å². The quantitative estimate of drug-likeness (QED) is 0.759. The molecule has 6 heteroatoms. The first kappa shape index (κ1) is 14.6. The number of carbonyl (C=O) groups is 1. The Kier molecular flexibility index (Phi) is 4.71. The van der Waals surface area contributed by atoms with Gasteiger partial charge in [0.15, 0.2) is 0 Å². The lowest BCUT2D eigenvalue weighted by Crippen LogP contribution is -2.34. The zero-order valence-electron chi connectivity index (χ0n) is 10.8. The predicted molar refractivity (Wildman–Crippen MR) is 63.4 cm³/mol. The van der Waals surface area contributed by atoms with Crippen LogP contribution in [0.3, 0.4) is 0 Å². The molecule has 2 fully saturated rings. The molecule has 0 radical (unpaired) electrons. The average molecular weight is 279 g/mol. The molecule has 0 heterocycles. The molecular formula is C13H20F3NO2. The molecule has 19 heavy (non-hydrogen) atoms. The number of ether oxygens (including phenoxy) is 1. The molecule has 2 bridgehead atoms. The summed E-state index contributed by atoms with van der Waals surface area (Å²) in [5, 5.41) is 2.81. The highest BCUT2D eigenvalue weighted by atomic mass is 19.4. The van der Waals surface area contributed by atoms with Gasteiger partial charge in [0.2, 0.25) is 5.91 Å². The maximum atomic E-state index is 11.9. The Bertz CT molecular complexity index is 320. The fourth-order valence-electron chi connectivity index (χ4n) is 3.27. The van der Waals surface area contributed by atoms with Crippen molar-refractivity contribution >= 4 is 5.91 Å². The maximum absolute atomic E-state index is 11.9. The Morgan fingerprint density at radius 1 is 1.26 bits per heavy atom. The number of rotatable bonds is 6. The molecule has 0 saturated heterocycles. The summed E-state index contributed by atoms with van der Waals surface area (Å²) in [5.41, 5.74) is 0. The van der Waals surface area contributed by atoms with Crippen molar-refractivity contribution in [2.45, 2.75) is 38.3 Å². The first-order valence-corrected chi connectivity index (χ1v) is 6.88. The number of nitrogens with one attached hydrogen (secondary N) is 1. The van der Waals surface area contributed by atoms with Crippen LogP contribution in [-0.2, 0) is 9.53 Å². The number of hydrogen-bond donors (Lipinski definition) is 1. The summed E-state index contributed by atoms with van der Waals surface area (Å²) in [5.74, 6) is 1.46. The summed E-state index contributed by atoms with van der Waals surface area (Å²) < 4.78 is 39.8. The van der Waals surface area contributed by atoms with Gasteiger partial charge in [0.25, 0.3) is 0 Å². The summed E-state index contributed by atoms with van der Waals surface area (Å²) >= 11 is 0. The highest BCUT2D eigenvalue weighted by Crippen LogP contribution is 2.48. The van der Waals surface area contributed by atoms with Crippen molar-refractivity contribution in [2.24, 2.45) is 17.8 Å². The lowest BCUT2D eigenvalue weighted by molar-refractivity contribution is -0.174. The van der Waals surface area contributed by atoms with E-state index >= 15 is 0 Å². The maximum Gasteiger partial charge on any atom is 0.411 e. The Morgan fingerprint density at radius 2 is 2.05 bits per heavy atom. The van der Waals surface area contributed by atoms with Gasteiger partial charge in [-0.2, -0.15) is 13.2 Å². The molecule has 0 aromatic rings. The van der Waals surface area contributed by atoms with Crippen LogP contribution in [0.5, 0.6) is 0 Å². The van der Waals surface area contributed by atoms with Gasteiger partial charge in [0, 0.05) is 19.1 Å². The third-order valence-corrected chi connectivity index (χ3v) is 4.11. The number of alkyl halides is 3. The summed E-state index contributed by atoms with van der Waals surface area (Å²) in [6.45, 7) is -0.797. The molecule has 3 nitrogen and oxygen atoms in total. The first-order chi connectivity index (χ1) is 8.96. The first-order valence-electron chi connectivity index (χ1n) is 6.88. The van der Waals surface area contributed by atoms with Crippen molar-refractivity contribution in [3.8, 4) is 0 Å². The second-order valence-electron chi connectivity index (χ2n) is 5.59. The zero-order chi connectivity index (χ0) is 13.9. The van der Waals surface area contributed by atoms with Crippen LogP contribution in [0.15, 0.2) is 0 Å². The Hall–Kier alpha value is -0.780.